The second-order valence-electron chi connectivity index (χ2n) is 7.23. The van der Waals surface area contributed by atoms with Gasteiger partial charge in [-0.2, -0.15) is 0 Å². The fraction of sp³-hybridized carbons (Fsp3) is 0.520. The molecule has 0 fully saturated rings. The number of rotatable bonds is 1. The third-order valence-corrected chi connectivity index (χ3v) is 4.72. The molecule has 2 aromatic rings. The minimum Gasteiger partial charge on any atom is -0.487 e. The van der Waals surface area contributed by atoms with E-state index in [4.69, 9.17) is 37.9 Å². The van der Waals surface area contributed by atoms with Gasteiger partial charge in [-0.3, -0.25) is 0 Å². The van der Waals surface area contributed by atoms with Gasteiger partial charge in [-0.1, -0.05) is 18.2 Å². The number of aliphatic hydroxyl groups excluding tert-OH is 1. The molecule has 0 unspecified atom stereocenters. The Kier molecular flexibility index (Phi) is 12.4. The van der Waals surface area contributed by atoms with Crippen LogP contribution in [0.2, 0.25) is 0 Å². The number of hydrogen-bond donors (Lipinski definition) is 1. The number of aliphatic hydroxyl groups is 1. The summed E-state index contributed by atoms with van der Waals surface area (Å²) in [4.78, 5) is 0. The number of fused-ring (bicyclic) bond motifs is 2. The van der Waals surface area contributed by atoms with Crippen molar-refractivity contribution in [2.24, 2.45) is 0 Å². The van der Waals surface area contributed by atoms with Crippen LogP contribution in [0.5, 0.6) is 23.0 Å². The first-order valence-electron chi connectivity index (χ1n) is 11.5. The summed E-state index contributed by atoms with van der Waals surface area (Å²) in [5, 5.41) is 9.40. The van der Waals surface area contributed by atoms with Crippen molar-refractivity contribution in [3.05, 3.63) is 48.0 Å². The average Bonchev–Trinajstić information content (AvgIpc) is 2.87. The van der Waals surface area contributed by atoms with Gasteiger partial charge < -0.3 is 43.0 Å². The summed E-state index contributed by atoms with van der Waals surface area (Å²) in [7, 11) is 0. The molecule has 1 N–H and O–H groups in total. The Morgan fingerprint density at radius 3 is 1.29 bits per heavy atom. The zero-order valence-corrected chi connectivity index (χ0v) is 19.4. The normalized spacial score (nSPS) is 17.9. The molecule has 1 aliphatic heterocycles. The molecule has 0 aromatic heterocycles. The van der Waals surface area contributed by atoms with E-state index in [9.17, 15) is 5.11 Å². The van der Waals surface area contributed by atoms with Gasteiger partial charge in [-0.05, 0) is 29.8 Å². The number of benzene rings is 2. The predicted molar refractivity (Wildman–Crippen MR) is 124 cm³/mol. The molecule has 0 aliphatic carbocycles. The highest BCUT2D eigenvalue weighted by atomic mass is 16.6. The standard InChI is InChI=1S/C25H34O9/c26-20-21-5-6-24-25(19-21)34-18-14-30-10-9-28-12-16-32-23-4-2-1-3-22(23)31-15-11-27-7-8-29-13-17-33-24/h1-6,19,26H,7-18,20H2. The molecule has 9 heteroatoms. The minimum absolute atomic E-state index is 0.0755. The molecule has 0 saturated carbocycles. The second-order valence-corrected chi connectivity index (χ2v) is 7.23. The third kappa shape index (κ3) is 9.74. The Labute approximate surface area is 200 Å². The Hall–Kier alpha value is -2.56. The van der Waals surface area contributed by atoms with Crippen LogP contribution in [0.3, 0.4) is 0 Å². The zero-order chi connectivity index (χ0) is 23.7. The third-order valence-electron chi connectivity index (χ3n) is 4.72. The van der Waals surface area contributed by atoms with Crippen LogP contribution in [0.4, 0.5) is 0 Å². The smallest absolute Gasteiger partial charge is 0.161 e. The highest BCUT2D eigenvalue weighted by Gasteiger charge is 2.08. The molecule has 0 saturated heterocycles. The van der Waals surface area contributed by atoms with Crippen LogP contribution in [0.1, 0.15) is 5.56 Å². The van der Waals surface area contributed by atoms with E-state index in [1.807, 2.05) is 24.3 Å². The van der Waals surface area contributed by atoms with Crippen molar-refractivity contribution < 1.29 is 43.0 Å². The van der Waals surface area contributed by atoms with Crippen LogP contribution in [-0.2, 0) is 25.6 Å². The fourth-order valence-corrected chi connectivity index (χ4v) is 3.06. The van der Waals surface area contributed by atoms with Crippen LogP contribution >= 0.6 is 0 Å². The Morgan fingerprint density at radius 2 is 0.853 bits per heavy atom. The van der Waals surface area contributed by atoms with Gasteiger partial charge in [0.25, 0.3) is 0 Å². The van der Waals surface area contributed by atoms with Gasteiger partial charge in [-0.25, -0.2) is 0 Å². The predicted octanol–water partition coefficient (Wildman–Crippen LogP) is 2.47. The Balaban J connectivity index is 1.48. The van der Waals surface area contributed by atoms with E-state index in [0.717, 1.165) is 5.56 Å². The van der Waals surface area contributed by atoms with E-state index in [2.05, 4.69) is 0 Å². The van der Waals surface area contributed by atoms with Crippen LogP contribution in [0, 0.1) is 0 Å². The van der Waals surface area contributed by atoms with E-state index in [1.54, 1.807) is 18.2 Å². The maximum Gasteiger partial charge on any atom is 0.161 e. The number of hydrogen-bond acceptors (Lipinski definition) is 9. The fourth-order valence-electron chi connectivity index (χ4n) is 3.06. The molecule has 34 heavy (non-hydrogen) atoms. The summed E-state index contributed by atoms with van der Waals surface area (Å²) in [6.07, 6.45) is 0. The van der Waals surface area contributed by atoms with Crippen LogP contribution in [0.15, 0.2) is 42.5 Å². The molecular formula is C25H34O9. The molecule has 0 atom stereocenters. The Bertz CT molecular complexity index is 815. The number of para-hydroxylation sites is 2. The highest BCUT2D eigenvalue weighted by Crippen LogP contribution is 2.29. The first kappa shape index (κ1) is 26.1. The molecule has 188 valence electrons. The maximum absolute atomic E-state index is 9.40. The first-order valence-corrected chi connectivity index (χ1v) is 11.5. The van der Waals surface area contributed by atoms with E-state index in [-0.39, 0.29) is 6.61 Å². The van der Waals surface area contributed by atoms with Crippen molar-refractivity contribution in [1.29, 1.82) is 0 Å². The molecular weight excluding hydrogens is 444 g/mol. The lowest BCUT2D eigenvalue weighted by Crippen LogP contribution is -2.15. The summed E-state index contributed by atoms with van der Waals surface area (Å²) >= 11 is 0. The summed E-state index contributed by atoms with van der Waals surface area (Å²) in [5.41, 5.74) is 0.743. The van der Waals surface area contributed by atoms with Gasteiger partial charge >= 0.3 is 0 Å². The lowest BCUT2D eigenvalue weighted by molar-refractivity contribution is 0.0223. The molecule has 0 bridgehead atoms. The summed E-state index contributed by atoms with van der Waals surface area (Å²) in [6.45, 7) is 4.94. The first-order chi connectivity index (χ1) is 16.9. The monoisotopic (exact) mass is 478 g/mol. The van der Waals surface area contributed by atoms with Crippen molar-refractivity contribution in [3.8, 4) is 23.0 Å². The highest BCUT2D eigenvalue weighted by molar-refractivity contribution is 5.43. The van der Waals surface area contributed by atoms with Crippen molar-refractivity contribution in [2.45, 2.75) is 6.61 Å². The van der Waals surface area contributed by atoms with Crippen molar-refractivity contribution in [1.82, 2.24) is 0 Å². The van der Waals surface area contributed by atoms with Gasteiger partial charge in [0.1, 0.15) is 26.4 Å². The van der Waals surface area contributed by atoms with Crippen molar-refractivity contribution in [2.75, 3.05) is 79.3 Å². The summed E-state index contributed by atoms with van der Waals surface area (Å²) in [6, 6.07) is 12.9. The van der Waals surface area contributed by atoms with E-state index < -0.39 is 0 Å². The van der Waals surface area contributed by atoms with Gasteiger partial charge in [0, 0.05) is 0 Å². The number of ether oxygens (including phenoxy) is 8. The molecule has 1 aliphatic rings. The molecule has 0 spiro atoms. The van der Waals surface area contributed by atoms with Crippen LogP contribution < -0.4 is 18.9 Å². The van der Waals surface area contributed by atoms with E-state index in [1.165, 1.54) is 0 Å². The summed E-state index contributed by atoms with van der Waals surface area (Å²) < 4.78 is 45.4. The molecule has 0 radical (unpaired) electrons. The van der Waals surface area contributed by atoms with Crippen molar-refractivity contribution in [3.63, 3.8) is 0 Å². The largest absolute Gasteiger partial charge is 0.487 e. The second kappa shape index (κ2) is 16.1. The molecule has 9 nitrogen and oxygen atoms in total. The van der Waals surface area contributed by atoms with E-state index in [0.29, 0.717) is 102 Å². The topological polar surface area (TPSA) is 94.1 Å². The van der Waals surface area contributed by atoms with Crippen LogP contribution in [-0.4, -0.2) is 84.4 Å². The zero-order valence-electron chi connectivity index (χ0n) is 19.4. The van der Waals surface area contributed by atoms with Crippen LogP contribution in [0.25, 0.3) is 0 Å². The molecule has 0 amide bonds. The molecule has 3 rings (SSSR count). The lowest BCUT2D eigenvalue weighted by atomic mass is 10.2. The van der Waals surface area contributed by atoms with Gasteiger partial charge in [0.05, 0.1) is 59.5 Å². The molecule has 2 aromatic carbocycles. The Morgan fingerprint density at radius 1 is 0.471 bits per heavy atom. The van der Waals surface area contributed by atoms with Gasteiger partial charge in [0.15, 0.2) is 23.0 Å². The average molecular weight is 479 g/mol. The SMILES string of the molecule is OCc1ccc2c(c1)OCCOCCOCCOc1ccccc1OCCOCCOCCO2. The van der Waals surface area contributed by atoms with Crippen molar-refractivity contribution >= 4 is 0 Å². The maximum atomic E-state index is 9.40. The van der Waals surface area contributed by atoms with Gasteiger partial charge in [-0.15, -0.1) is 0 Å². The van der Waals surface area contributed by atoms with Gasteiger partial charge in [0.2, 0.25) is 0 Å². The summed E-state index contributed by atoms with van der Waals surface area (Å²) in [5.74, 6) is 2.49. The minimum atomic E-state index is -0.0755. The lowest BCUT2D eigenvalue weighted by Gasteiger charge is -2.15. The molecule has 1 heterocycles. The quantitative estimate of drug-likeness (QED) is 0.663. The van der Waals surface area contributed by atoms with E-state index >= 15 is 0 Å².